The lowest BCUT2D eigenvalue weighted by Gasteiger charge is -1.89. The van der Waals surface area contributed by atoms with Gasteiger partial charge in [0.1, 0.15) is 6.10 Å². The van der Waals surface area contributed by atoms with Crippen LogP contribution in [-0.4, -0.2) is 28.7 Å². The van der Waals surface area contributed by atoms with Crippen LogP contribution in [0.1, 0.15) is 6.42 Å². The minimum atomic E-state index is -0.488. The van der Waals surface area contributed by atoms with E-state index in [1.807, 2.05) is 0 Å². The third-order valence-corrected chi connectivity index (χ3v) is 0.984. The van der Waals surface area contributed by atoms with Crippen LogP contribution in [0.3, 0.4) is 0 Å². The van der Waals surface area contributed by atoms with Crippen LogP contribution in [-0.2, 0) is 0 Å². The molecule has 0 aromatic carbocycles. The molecule has 0 aromatic rings. The molecule has 3 nitrogen and oxygen atoms in total. The molecule has 0 amide bonds. The Balaban J connectivity index is 2.50. The molecule has 0 bridgehead atoms. The quantitative estimate of drug-likeness (QED) is 0.325. The van der Waals surface area contributed by atoms with Crippen molar-refractivity contribution in [3.8, 4) is 0 Å². The van der Waals surface area contributed by atoms with Gasteiger partial charge in [-0.3, -0.25) is 0 Å². The molecule has 1 unspecified atom stereocenters. The lowest BCUT2D eigenvalue weighted by Crippen LogP contribution is -2.01. The number of hydrogen-bond acceptors (Lipinski definition) is 2. The van der Waals surface area contributed by atoms with Gasteiger partial charge < -0.3 is 10.3 Å². The monoisotopic (exact) mass is 101 g/mol. The van der Waals surface area contributed by atoms with Gasteiger partial charge in [0, 0.05) is 6.42 Å². The van der Waals surface area contributed by atoms with Gasteiger partial charge in [-0.05, 0) is 0 Å². The van der Waals surface area contributed by atoms with Crippen molar-refractivity contribution in [2.24, 2.45) is 0 Å². The number of hydroxylamine groups is 1. The number of rotatable bonds is 0. The number of nitrogens with zero attached hydrogens (tertiary/aromatic N) is 1. The molecular weight excluding hydrogens is 94.0 g/mol. The van der Waals surface area contributed by atoms with E-state index in [0.717, 1.165) is 4.74 Å². The summed E-state index contributed by atoms with van der Waals surface area (Å²) in [5.74, 6) is 0. The van der Waals surface area contributed by atoms with Gasteiger partial charge >= 0.3 is 0 Å². The van der Waals surface area contributed by atoms with Crippen molar-refractivity contribution in [2.75, 3.05) is 6.54 Å². The second-order valence-corrected chi connectivity index (χ2v) is 1.65. The Kier molecular flexibility index (Phi) is 0.982. The fourth-order valence-corrected chi connectivity index (χ4v) is 0.601. The predicted molar refractivity (Wildman–Crippen MR) is 25.2 cm³/mol. The minimum absolute atomic E-state index is 0.446. The first-order valence-corrected chi connectivity index (χ1v) is 2.26. The molecule has 0 fully saturated rings. The van der Waals surface area contributed by atoms with Gasteiger partial charge in [0.05, 0.1) is 0 Å². The summed E-state index contributed by atoms with van der Waals surface area (Å²) in [6, 6.07) is 0. The number of aliphatic hydroxyl groups excluding tert-OH is 1. The van der Waals surface area contributed by atoms with E-state index in [4.69, 9.17) is 5.11 Å². The molecule has 0 aliphatic carbocycles. The smallest absolute Gasteiger partial charge is 0.179 e. The van der Waals surface area contributed by atoms with E-state index in [1.54, 1.807) is 0 Å². The molecule has 1 aliphatic rings. The minimum Gasteiger partial charge on any atom is -0.624 e. The molecule has 7 heavy (non-hydrogen) atoms. The Bertz CT molecular complexity index is 99.9. The molecule has 0 radical (unpaired) electrons. The molecule has 0 saturated carbocycles. The van der Waals surface area contributed by atoms with Crippen LogP contribution in [0.25, 0.3) is 0 Å². The maximum atomic E-state index is 10.2. The highest BCUT2D eigenvalue weighted by molar-refractivity contribution is 5.58. The van der Waals surface area contributed by atoms with Crippen LogP contribution in [0.4, 0.5) is 0 Å². The van der Waals surface area contributed by atoms with Crippen molar-refractivity contribution in [1.82, 2.24) is 0 Å². The van der Waals surface area contributed by atoms with Crippen molar-refractivity contribution in [3.05, 3.63) is 5.21 Å². The van der Waals surface area contributed by atoms with E-state index in [2.05, 4.69) is 0 Å². The van der Waals surface area contributed by atoms with Gasteiger partial charge in [-0.1, -0.05) is 0 Å². The van der Waals surface area contributed by atoms with Crippen LogP contribution >= 0.6 is 0 Å². The molecule has 1 rings (SSSR count). The number of hydrogen-bond donors (Lipinski definition) is 1. The molecule has 0 aromatic heterocycles. The summed E-state index contributed by atoms with van der Waals surface area (Å²) in [6.07, 6.45) is 1.38. The Morgan fingerprint density at radius 3 is 2.71 bits per heavy atom. The van der Waals surface area contributed by atoms with Crippen molar-refractivity contribution >= 4 is 6.21 Å². The summed E-state index contributed by atoms with van der Waals surface area (Å²) in [7, 11) is 0. The molecule has 1 heterocycles. The van der Waals surface area contributed by atoms with Crippen LogP contribution < -0.4 is 0 Å². The topological polar surface area (TPSA) is 46.3 Å². The molecule has 1 atom stereocenters. The summed E-state index contributed by atoms with van der Waals surface area (Å²) in [4.78, 5) is 0. The Labute approximate surface area is 41.5 Å². The van der Waals surface area contributed by atoms with Crippen LogP contribution in [0.15, 0.2) is 0 Å². The van der Waals surface area contributed by atoms with Crippen molar-refractivity contribution in [2.45, 2.75) is 12.5 Å². The van der Waals surface area contributed by atoms with E-state index >= 15 is 0 Å². The van der Waals surface area contributed by atoms with E-state index in [1.165, 1.54) is 6.21 Å². The third-order valence-electron chi connectivity index (χ3n) is 0.984. The van der Waals surface area contributed by atoms with Gasteiger partial charge in [0.15, 0.2) is 12.8 Å². The van der Waals surface area contributed by atoms with Gasteiger partial charge in [-0.2, -0.15) is 0 Å². The van der Waals surface area contributed by atoms with Gasteiger partial charge in [0.25, 0.3) is 0 Å². The van der Waals surface area contributed by atoms with Crippen LogP contribution in [0, 0.1) is 5.21 Å². The van der Waals surface area contributed by atoms with E-state index in [9.17, 15) is 5.21 Å². The predicted octanol–water partition coefficient (Wildman–Crippen LogP) is -0.668. The third kappa shape index (κ3) is 0.899. The average Bonchev–Trinajstić information content (AvgIpc) is 1.87. The standard InChI is InChI=1S/C4H7NO2/c6-4-1-2-5(7)3-4/h3-4,6H,1-2H2. The van der Waals surface area contributed by atoms with E-state index in [0.29, 0.717) is 13.0 Å². The fraction of sp³-hybridized carbons (Fsp3) is 0.750. The lowest BCUT2D eigenvalue weighted by molar-refractivity contribution is -0.443. The highest BCUT2D eigenvalue weighted by Crippen LogP contribution is 1.94. The zero-order valence-corrected chi connectivity index (χ0v) is 3.87. The molecular formula is C4H7NO2. The number of aliphatic hydroxyl groups is 1. The first-order valence-electron chi connectivity index (χ1n) is 2.26. The lowest BCUT2D eigenvalue weighted by atomic mass is 10.3. The van der Waals surface area contributed by atoms with E-state index in [-0.39, 0.29) is 0 Å². The summed E-state index contributed by atoms with van der Waals surface area (Å²) in [5, 5.41) is 18.8. The molecule has 1 aliphatic heterocycles. The molecule has 0 saturated heterocycles. The van der Waals surface area contributed by atoms with Gasteiger partial charge in [0.2, 0.25) is 0 Å². The summed E-state index contributed by atoms with van der Waals surface area (Å²) < 4.78 is 0.755. The van der Waals surface area contributed by atoms with Crippen molar-refractivity contribution < 1.29 is 9.85 Å². The van der Waals surface area contributed by atoms with Crippen molar-refractivity contribution in [1.29, 1.82) is 0 Å². The zero-order chi connectivity index (χ0) is 5.28. The van der Waals surface area contributed by atoms with Gasteiger partial charge in [-0.25, -0.2) is 4.74 Å². The molecule has 0 spiro atoms. The van der Waals surface area contributed by atoms with Crippen LogP contribution in [0.5, 0.6) is 0 Å². The Morgan fingerprint density at radius 2 is 2.57 bits per heavy atom. The first kappa shape index (κ1) is 4.59. The Morgan fingerprint density at radius 1 is 1.86 bits per heavy atom. The maximum Gasteiger partial charge on any atom is 0.179 e. The second kappa shape index (κ2) is 1.50. The molecule has 3 heteroatoms. The first-order chi connectivity index (χ1) is 3.29. The maximum absolute atomic E-state index is 10.2. The largest absolute Gasteiger partial charge is 0.624 e. The second-order valence-electron chi connectivity index (χ2n) is 1.65. The zero-order valence-electron chi connectivity index (χ0n) is 3.87. The SMILES string of the molecule is [O-][N+]1=CC(O)CC1. The van der Waals surface area contributed by atoms with E-state index < -0.39 is 6.10 Å². The summed E-state index contributed by atoms with van der Waals surface area (Å²) in [5.41, 5.74) is 0. The highest BCUT2D eigenvalue weighted by atomic mass is 16.5. The summed E-state index contributed by atoms with van der Waals surface area (Å²) in [6.45, 7) is 0.446. The van der Waals surface area contributed by atoms with Gasteiger partial charge in [-0.15, -0.1) is 0 Å². The van der Waals surface area contributed by atoms with Crippen molar-refractivity contribution in [3.63, 3.8) is 0 Å². The molecule has 40 valence electrons. The summed E-state index contributed by atoms with van der Waals surface area (Å²) >= 11 is 0. The fourth-order valence-electron chi connectivity index (χ4n) is 0.601. The average molecular weight is 101 g/mol. The highest BCUT2D eigenvalue weighted by Gasteiger charge is 2.13. The normalized spacial score (nSPS) is 30.4. The molecule has 1 N–H and O–H groups in total. The Hall–Kier alpha value is -0.570. The van der Waals surface area contributed by atoms with Crippen LogP contribution in [0.2, 0.25) is 0 Å².